The van der Waals surface area contributed by atoms with Gasteiger partial charge in [0.2, 0.25) is 0 Å². The molecule has 6 heteroatoms. The topological polar surface area (TPSA) is 53.9 Å². The highest BCUT2D eigenvalue weighted by molar-refractivity contribution is 9.10. The number of nitrogens with zero attached hydrogens (tertiary/aromatic N) is 2. The zero-order valence-electron chi connectivity index (χ0n) is 16.2. The quantitative estimate of drug-likeness (QED) is 0.550. The van der Waals surface area contributed by atoms with Crippen molar-refractivity contribution < 1.29 is 9.53 Å². The fraction of sp³-hybridized carbons (Fsp3) is 0.167. The molecule has 5 nitrogen and oxygen atoms in total. The molecule has 1 amide bonds. The van der Waals surface area contributed by atoms with Gasteiger partial charge in [-0.15, -0.1) is 0 Å². The first-order valence-corrected chi connectivity index (χ1v) is 10.7. The first-order valence-electron chi connectivity index (χ1n) is 9.89. The van der Waals surface area contributed by atoms with Crippen LogP contribution in [0.1, 0.15) is 34.7 Å². The van der Waals surface area contributed by atoms with Crippen molar-refractivity contribution in [3.63, 3.8) is 0 Å². The van der Waals surface area contributed by atoms with E-state index in [1.807, 2.05) is 72.6 Å². The van der Waals surface area contributed by atoms with E-state index in [4.69, 9.17) is 9.84 Å². The summed E-state index contributed by atoms with van der Waals surface area (Å²) in [4.78, 5) is 13.4. The Balaban J connectivity index is 1.57. The van der Waals surface area contributed by atoms with Gasteiger partial charge >= 0.3 is 5.72 Å². The molecule has 2 atom stereocenters. The Bertz CT molecular complexity index is 1240. The molecule has 3 heterocycles. The minimum atomic E-state index is -1.31. The second kappa shape index (κ2) is 6.19. The lowest BCUT2D eigenvalue weighted by atomic mass is 9.92. The molecular formula is C24H18BrN3O2. The molecule has 0 aliphatic carbocycles. The molecule has 6 rings (SSSR count). The summed E-state index contributed by atoms with van der Waals surface area (Å²) in [5.41, 5.74) is 4.39. The lowest BCUT2D eigenvalue weighted by molar-refractivity contribution is -0.161. The van der Waals surface area contributed by atoms with E-state index >= 15 is 0 Å². The molecular weight excluding hydrogens is 442 g/mol. The van der Waals surface area contributed by atoms with Crippen molar-refractivity contribution in [3.05, 3.63) is 93.5 Å². The molecule has 0 aromatic heterocycles. The third-order valence-corrected chi connectivity index (χ3v) is 6.57. The summed E-state index contributed by atoms with van der Waals surface area (Å²) in [6.07, 6.45) is 0.707. The van der Waals surface area contributed by atoms with E-state index in [0.717, 1.165) is 43.9 Å². The van der Waals surface area contributed by atoms with Crippen molar-refractivity contribution in [3.8, 4) is 5.75 Å². The van der Waals surface area contributed by atoms with Crippen molar-refractivity contribution in [2.45, 2.75) is 25.1 Å². The Morgan fingerprint density at radius 3 is 2.77 bits per heavy atom. The molecule has 0 saturated carbocycles. The Hall–Kier alpha value is -3.12. The van der Waals surface area contributed by atoms with Gasteiger partial charge in [-0.05, 0) is 42.8 Å². The number of anilines is 1. The van der Waals surface area contributed by atoms with Crippen LogP contribution in [-0.2, 0) is 10.5 Å². The molecule has 0 radical (unpaired) electrons. The van der Waals surface area contributed by atoms with Crippen molar-refractivity contribution in [2.24, 2.45) is 5.10 Å². The molecule has 3 aliphatic rings. The Labute approximate surface area is 182 Å². The van der Waals surface area contributed by atoms with Gasteiger partial charge in [0.1, 0.15) is 5.75 Å². The molecule has 3 aromatic carbocycles. The zero-order valence-corrected chi connectivity index (χ0v) is 17.8. The highest BCUT2D eigenvalue weighted by atomic mass is 79.9. The van der Waals surface area contributed by atoms with Crippen LogP contribution < -0.4 is 10.1 Å². The minimum absolute atomic E-state index is 0.0780. The molecule has 1 spiro atoms. The second-order valence-electron chi connectivity index (χ2n) is 7.91. The summed E-state index contributed by atoms with van der Waals surface area (Å²) in [6.45, 7) is 2.02. The molecule has 3 aromatic rings. The number of benzene rings is 3. The normalized spacial score (nSPS) is 23.4. The lowest BCUT2D eigenvalue weighted by Crippen LogP contribution is -2.55. The SMILES string of the molecule is Cc1ccc2c(c1)C1(Oc3ccccc3C3CC(c4ccc(Br)cc4)=NN31)C(=O)N2. The van der Waals surface area contributed by atoms with E-state index in [-0.39, 0.29) is 11.9 Å². The number of ether oxygens (including phenoxy) is 1. The minimum Gasteiger partial charge on any atom is -0.453 e. The molecule has 1 N–H and O–H groups in total. The van der Waals surface area contributed by atoms with Crippen molar-refractivity contribution in [1.82, 2.24) is 5.01 Å². The number of hydrazone groups is 1. The van der Waals surface area contributed by atoms with Crippen LogP contribution in [0, 0.1) is 6.92 Å². The van der Waals surface area contributed by atoms with Gasteiger partial charge in [0, 0.05) is 16.5 Å². The zero-order chi connectivity index (χ0) is 20.5. The monoisotopic (exact) mass is 459 g/mol. The molecule has 0 bridgehead atoms. The van der Waals surface area contributed by atoms with Gasteiger partial charge in [0.15, 0.2) is 0 Å². The van der Waals surface area contributed by atoms with Gasteiger partial charge in [-0.2, -0.15) is 5.10 Å². The Morgan fingerprint density at radius 1 is 1.13 bits per heavy atom. The molecule has 3 aliphatic heterocycles. The van der Waals surface area contributed by atoms with Crippen molar-refractivity contribution in [1.29, 1.82) is 0 Å². The van der Waals surface area contributed by atoms with E-state index in [1.54, 1.807) is 0 Å². The number of hydrogen-bond donors (Lipinski definition) is 1. The van der Waals surface area contributed by atoms with Gasteiger partial charge in [-0.25, -0.2) is 5.01 Å². The molecule has 0 saturated heterocycles. The fourth-order valence-electron chi connectivity index (χ4n) is 4.62. The third kappa shape index (κ3) is 2.34. The van der Waals surface area contributed by atoms with Gasteiger partial charge in [-0.3, -0.25) is 4.79 Å². The van der Waals surface area contributed by atoms with Crippen molar-refractivity contribution >= 4 is 33.2 Å². The maximum Gasteiger partial charge on any atom is 0.306 e. The highest BCUT2D eigenvalue weighted by Gasteiger charge is 2.60. The molecule has 148 valence electrons. The van der Waals surface area contributed by atoms with Crippen LogP contribution in [-0.4, -0.2) is 16.6 Å². The maximum atomic E-state index is 13.4. The van der Waals surface area contributed by atoms with Crippen LogP contribution in [0.15, 0.2) is 76.3 Å². The predicted molar refractivity (Wildman–Crippen MR) is 118 cm³/mol. The number of para-hydroxylation sites is 1. The van der Waals surface area contributed by atoms with Crippen LogP contribution in [0.5, 0.6) is 5.75 Å². The number of hydrogen-bond acceptors (Lipinski definition) is 4. The summed E-state index contributed by atoms with van der Waals surface area (Å²) >= 11 is 3.49. The number of nitrogens with one attached hydrogen (secondary N) is 1. The standard InChI is InChI=1S/C24H18BrN3O2/c1-14-6-11-19-18(12-14)24(23(29)26-19)28-21(17-4-2-3-5-22(17)30-24)13-20(27-28)15-7-9-16(25)10-8-15/h2-12,21H,13H2,1H3,(H,26,29). The van der Waals surface area contributed by atoms with Crippen LogP contribution in [0.3, 0.4) is 0 Å². The Kier molecular flexibility index (Phi) is 3.65. The molecule has 2 unspecified atom stereocenters. The van der Waals surface area contributed by atoms with Gasteiger partial charge in [-0.1, -0.05) is 57.9 Å². The molecule has 0 fully saturated rings. The van der Waals surface area contributed by atoms with E-state index < -0.39 is 5.72 Å². The third-order valence-electron chi connectivity index (χ3n) is 6.04. The van der Waals surface area contributed by atoms with Gasteiger partial charge < -0.3 is 10.1 Å². The first kappa shape index (κ1) is 17.7. The van der Waals surface area contributed by atoms with Gasteiger partial charge in [0.25, 0.3) is 5.91 Å². The van der Waals surface area contributed by atoms with E-state index in [0.29, 0.717) is 6.42 Å². The summed E-state index contributed by atoms with van der Waals surface area (Å²) in [5, 5.41) is 9.85. The average molecular weight is 460 g/mol. The summed E-state index contributed by atoms with van der Waals surface area (Å²) in [7, 11) is 0. The maximum absolute atomic E-state index is 13.4. The number of carbonyl (C=O) groups is 1. The smallest absolute Gasteiger partial charge is 0.306 e. The van der Waals surface area contributed by atoms with Gasteiger partial charge in [0.05, 0.1) is 23.0 Å². The summed E-state index contributed by atoms with van der Waals surface area (Å²) in [5.74, 6) is 0.527. The number of amides is 1. The largest absolute Gasteiger partial charge is 0.453 e. The second-order valence-corrected chi connectivity index (χ2v) is 8.82. The summed E-state index contributed by atoms with van der Waals surface area (Å²) < 4.78 is 7.51. The first-order chi connectivity index (χ1) is 14.6. The average Bonchev–Trinajstić information content (AvgIpc) is 3.30. The van der Waals surface area contributed by atoms with Crippen LogP contribution in [0.25, 0.3) is 0 Å². The van der Waals surface area contributed by atoms with Crippen LogP contribution in [0.2, 0.25) is 0 Å². The number of aryl methyl sites for hydroxylation is 1. The van der Waals surface area contributed by atoms with E-state index in [2.05, 4.69) is 27.3 Å². The van der Waals surface area contributed by atoms with Crippen molar-refractivity contribution in [2.75, 3.05) is 5.32 Å². The Morgan fingerprint density at radius 2 is 1.93 bits per heavy atom. The fourth-order valence-corrected chi connectivity index (χ4v) is 4.88. The number of fused-ring (bicyclic) bond motifs is 6. The van der Waals surface area contributed by atoms with E-state index in [9.17, 15) is 4.79 Å². The lowest BCUT2D eigenvalue weighted by Gasteiger charge is -2.44. The van der Waals surface area contributed by atoms with Crippen LogP contribution in [0.4, 0.5) is 5.69 Å². The number of carbonyl (C=O) groups excluding carboxylic acids is 1. The summed E-state index contributed by atoms with van der Waals surface area (Å²) in [6, 6.07) is 21.9. The number of halogens is 1. The number of rotatable bonds is 1. The van der Waals surface area contributed by atoms with E-state index in [1.165, 1.54) is 0 Å². The molecule has 30 heavy (non-hydrogen) atoms. The predicted octanol–water partition coefficient (Wildman–Crippen LogP) is 5.11. The highest BCUT2D eigenvalue weighted by Crippen LogP contribution is 2.54. The van der Waals surface area contributed by atoms with Crippen LogP contribution >= 0.6 is 15.9 Å².